The predicted molar refractivity (Wildman–Crippen MR) is 93.3 cm³/mol. The van der Waals surface area contributed by atoms with Crippen LogP contribution in [0.3, 0.4) is 0 Å². The summed E-state index contributed by atoms with van der Waals surface area (Å²) in [4.78, 5) is 5.71. The van der Waals surface area contributed by atoms with Crippen LogP contribution in [0.15, 0.2) is 24.3 Å². The Hall–Kier alpha value is -1.06. The molecule has 0 aromatic heterocycles. The summed E-state index contributed by atoms with van der Waals surface area (Å²) in [5.74, 6) is 2.57. The molecule has 6 aliphatic rings. The number of rotatable bonds is 0. The van der Waals surface area contributed by atoms with Gasteiger partial charge in [-0.3, -0.25) is 4.90 Å². The average molecular weight is 322 g/mol. The van der Waals surface area contributed by atoms with E-state index in [4.69, 9.17) is 4.74 Å². The van der Waals surface area contributed by atoms with Gasteiger partial charge in [0.15, 0.2) is 0 Å². The van der Waals surface area contributed by atoms with Crippen LogP contribution in [0.25, 0.3) is 0 Å². The summed E-state index contributed by atoms with van der Waals surface area (Å²) >= 11 is 0. The van der Waals surface area contributed by atoms with Gasteiger partial charge in [0, 0.05) is 48.8 Å². The highest BCUT2D eigenvalue weighted by Crippen LogP contribution is 2.65. The van der Waals surface area contributed by atoms with E-state index in [1.165, 1.54) is 45.3 Å². The third-order valence-corrected chi connectivity index (χ3v) is 8.76. The maximum atomic E-state index is 6.48. The van der Waals surface area contributed by atoms with E-state index in [1.807, 2.05) is 0 Å². The van der Waals surface area contributed by atoms with E-state index in [2.05, 4.69) is 34.1 Å². The second-order valence-electron chi connectivity index (χ2n) is 9.18. The van der Waals surface area contributed by atoms with Crippen molar-refractivity contribution in [3.8, 4) is 0 Å². The molecule has 24 heavy (non-hydrogen) atoms. The van der Waals surface area contributed by atoms with Gasteiger partial charge in [-0.2, -0.15) is 0 Å². The third-order valence-electron chi connectivity index (χ3n) is 8.76. The summed E-state index contributed by atoms with van der Waals surface area (Å²) in [5, 5.41) is 0. The zero-order valence-electron chi connectivity index (χ0n) is 14.2. The predicted octanol–water partition coefficient (Wildman–Crippen LogP) is 2.65. The Morgan fingerprint density at radius 1 is 1.12 bits per heavy atom. The van der Waals surface area contributed by atoms with Crippen molar-refractivity contribution in [1.82, 2.24) is 4.90 Å². The fourth-order valence-electron chi connectivity index (χ4n) is 8.13. The van der Waals surface area contributed by atoms with Crippen molar-refractivity contribution in [2.75, 3.05) is 31.1 Å². The van der Waals surface area contributed by atoms with Crippen molar-refractivity contribution in [2.24, 2.45) is 17.8 Å². The number of anilines is 1. The van der Waals surface area contributed by atoms with Crippen molar-refractivity contribution in [1.29, 1.82) is 0 Å². The van der Waals surface area contributed by atoms with E-state index in [0.717, 1.165) is 30.4 Å². The summed E-state index contributed by atoms with van der Waals surface area (Å²) in [7, 11) is 0. The van der Waals surface area contributed by atoms with Gasteiger partial charge in [0.2, 0.25) is 0 Å². The van der Waals surface area contributed by atoms with Crippen LogP contribution >= 0.6 is 0 Å². The molecule has 7 rings (SSSR count). The lowest BCUT2D eigenvalue weighted by atomic mass is 9.52. The fraction of sp³-hybridized carbons (Fsp3) is 0.714. The second kappa shape index (κ2) is 4.19. The topological polar surface area (TPSA) is 15.7 Å². The van der Waals surface area contributed by atoms with Gasteiger partial charge < -0.3 is 9.64 Å². The Labute approximate surface area is 144 Å². The SMILES string of the molecule is c1ccc2c(c1)N1CC[C@@H]3OCCC4CN5CC[C@]26[C@@H]5C[C@@H]4[C@@H]3[C@H]16. The van der Waals surface area contributed by atoms with Gasteiger partial charge in [0.1, 0.15) is 0 Å². The second-order valence-corrected chi connectivity index (χ2v) is 9.18. The van der Waals surface area contributed by atoms with Crippen molar-refractivity contribution in [3.63, 3.8) is 0 Å². The molecule has 0 N–H and O–H groups in total. The van der Waals surface area contributed by atoms with Crippen LogP contribution in [0, 0.1) is 17.8 Å². The van der Waals surface area contributed by atoms with Crippen LogP contribution in [-0.2, 0) is 10.2 Å². The molecule has 5 heterocycles. The van der Waals surface area contributed by atoms with Crippen LogP contribution in [-0.4, -0.2) is 49.3 Å². The third kappa shape index (κ3) is 1.27. The molecule has 1 aliphatic carbocycles. The van der Waals surface area contributed by atoms with Gasteiger partial charge in [-0.1, -0.05) is 18.2 Å². The van der Waals surface area contributed by atoms with Crippen LogP contribution < -0.4 is 4.90 Å². The summed E-state index contributed by atoms with van der Waals surface area (Å²) in [5.41, 5.74) is 3.65. The van der Waals surface area contributed by atoms with Crippen LogP contribution in [0.5, 0.6) is 0 Å². The monoisotopic (exact) mass is 322 g/mol. The van der Waals surface area contributed by atoms with E-state index >= 15 is 0 Å². The lowest BCUT2D eigenvalue weighted by Gasteiger charge is -2.60. The van der Waals surface area contributed by atoms with E-state index in [0.29, 0.717) is 17.6 Å². The first kappa shape index (κ1) is 13.2. The summed E-state index contributed by atoms with van der Waals surface area (Å²) in [6.07, 6.45) is 5.88. The minimum atomic E-state index is 0.398. The largest absolute Gasteiger partial charge is 0.378 e. The highest BCUT2D eigenvalue weighted by atomic mass is 16.5. The number of para-hydroxylation sites is 1. The van der Waals surface area contributed by atoms with Gasteiger partial charge in [-0.25, -0.2) is 0 Å². The lowest BCUT2D eigenvalue weighted by molar-refractivity contribution is -0.0752. The van der Waals surface area contributed by atoms with E-state index in [-0.39, 0.29) is 0 Å². The van der Waals surface area contributed by atoms with E-state index < -0.39 is 0 Å². The minimum absolute atomic E-state index is 0.398. The summed E-state index contributed by atoms with van der Waals surface area (Å²) < 4.78 is 6.48. The van der Waals surface area contributed by atoms with Crippen molar-refractivity contribution >= 4 is 5.69 Å². The van der Waals surface area contributed by atoms with Gasteiger partial charge >= 0.3 is 0 Å². The fourth-order valence-corrected chi connectivity index (χ4v) is 8.13. The molecule has 5 aliphatic heterocycles. The van der Waals surface area contributed by atoms with Crippen LogP contribution in [0.4, 0.5) is 5.69 Å². The Balaban J connectivity index is 1.51. The number of hydrogen-bond donors (Lipinski definition) is 0. The van der Waals surface area contributed by atoms with Crippen LogP contribution in [0.2, 0.25) is 0 Å². The van der Waals surface area contributed by atoms with E-state index in [9.17, 15) is 0 Å². The number of piperidine rings is 2. The molecule has 7 atom stereocenters. The Morgan fingerprint density at radius 3 is 3.08 bits per heavy atom. The molecular weight excluding hydrogens is 296 g/mol. The Bertz CT molecular complexity index is 720. The molecule has 0 radical (unpaired) electrons. The zero-order chi connectivity index (χ0) is 15.5. The van der Waals surface area contributed by atoms with Gasteiger partial charge in [-0.15, -0.1) is 0 Å². The smallest absolute Gasteiger partial charge is 0.0642 e. The highest BCUT2D eigenvalue weighted by Gasteiger charge is 2.70. The maximum Gasteiger partial charge on any atom is 0.0642 e. The molecule has 4 saturated heterocycles. The quantitative estimate of drug-likeness (QED) is 0.730. The molecule has 1 aromatic carbocycles. The molecule has 3 nitrogen and oxygen atoms in total. The normalized spacial score (nSPS) is 50.6. The van der Waals surface area contributed by atoms with Crippen molar-refractivity contribution in [2.45, 2.75) is 49.3 Å². The highest BCUT2D eigenvalue weighted by molar-refractivity contribution is 5.67. The minimum Gasteiger partial charge on any atom is -0.378 e. The molecule has 1 spiro atoms. The van der Waals surface area contributed by atoms with E-state index in [1.54, 1.807) is 11.3 Å². The molecule has 0 amide bonds. The molecule has 1 aromatic rings. The molecule has 5 fully saturated rings. The number of benzene rings is 1. The maximum absolute atomic E-state index is 6.48. The number of nitrogens with zero attached hydrogens (tertiary/aromatic N) is 2. The van der Waals surface area contributed by atoms with Crippen LogP contribution in [0.1, 0.15) is 31.2 Å². The first-order chi connectivity index (χ1) is 11.9. The van der Waals surface area contributed by atoms with Gasteiger partial charge in [0.25, 0.3) is 0 Å². The van der Waals surface area contributed by atoms with Crippen molar-refractivity contribution < 1.29 is 4.74 Å². The summed E-state index contributed by atoms with van der Waals surface area (Å²) in [6.45, 7) is 4.88. The molecule has 126 valence electrons. The average Bonchev–Trinajstić information content (AvgIpc) is 3.08. The number of ether oxygens (including phenoxy) is 1. The van der Waals surface area contributed by atoms with Crippen molar-refractivity contribution in [3.05, 3.63) is 29.8 Å². The molecule has 3 heteroatoms. The zero-order valence-corrected chi connectivity index (χ0v) is 14.2. The molecule has 1 saturated carbocycles. The number of fused-ring (bicyclic) bond motifs is 2. The van der Waals surface area contributed by atoms with Gasteiger partial charge in [-0.05, 0) is 55.7 Å². The standard InChI is InChI=1S/C21H26N2O/c1-2-4-16-15(3-1)21-7-9-22-12-13-6-10-24-17-5-8-23(16)20(21)19(17)14(13)11-18(21)22/h1-4,13-14,17-20H,5-12H2/t13?,14-,17-,18-,19-,20-,21+/m0/s1. The first-order valence-electron chi connectivity index (χ1n) is 10.1. The molecular formula is C21H26N2O. The number of hydrogen-bond acceptors (Lipinski definition) is 3. The Morgan fingerprint density at radius 2 is 2.08 bits per heavy atom. The molecule has 1 unspecified atom stereocenters. The first-order valence-corrected chi connectivity index (χ1v) is 10.1. The molecule has 2 bridgehead atoms. The Kier molecular flexibility index (Phi) is 2.30. The van der Waals surface area contributed by atoms with Gasteiger partial charge in [0.05, 0.1) is 6.10 Å². The summed E-state index contributed by atoms with van der Waals surface area (Å²) in [6, 6.07) is 10.9. The lowest BCUT2D eigenvalue weighted by Crippen LogP contribution is -2.69.